The second-order valence-corrected chi connectivity index (χ2v) is 6.20. The molecule has 0 amide bonds. The molecule has 4 nitrogen and oxygen atoms in total. The molecule has 1 aromatic heterocycles. The fourth-order valence-corrected chi connectivity index (χ4v) is 2.84. The summed E-state index contributed by atoms with van der Waals surface area (Å²) in [7, 11) is 0. The van der Waals surface area contributed by atoms with Gasteiger partial charge in [0.1, 0.15) is 10.7 Å². The first-order valence-corrected chi connectivity index (χ1v) is 7.42. The SMILES string of the molecule is Cc1c(Cl)cccc1Nc1nc(N)c(C(=O)C(C)C)s1. The molecule has 106 valence electrons. The Labute approximate surface area is 127 Å². The smallest absolute Gasteiger partial charge is 0.189 e. The van der Waals surface area contributed by atoms with E-state index in [0.717, 1.165) is 11.3 Å². The zero-order chi connectivity index (χ0) is 14.9. The van der Waals surface area contributed by atoms with Crippen LogP contribution in [0.1, 0.15) is 29.1 Å². The Balaban J connectivity index is 2.29. The molecule has 20 heavy (non-hydrogen) atoms. The Morgan fingerprint density at radius 1 is 1.45 bits per heavy atom. The fourth-order valence-electron chi connectivity index (χ4n) is 1.68. The molecule has 1 aromatic carbocycles. The number of rotatable bonds is 4. The van der Waals surface area contributed by atoms with Crippen LogP contribution in [0.25, 0.3) is 0 Å². The van der Waals surface area contributed by atoms with Crippen LogP contribution < -0.4 is 11.1 Å². The van der Waals surface area contributed by atoms with Crippen LogP contribution in [0.15, 0.2) is 18.2 Å². The third-order valence-corrected chi connectivity index (χ3v) is 4.32. The van der Waals surface area contributed by atoms with Gasteiger partial charge in [-0.3, -0.25) is 4.79 Å². The number of nitrogens with one attached hydrogen (secondary N) is 1. The minimum absolute atomic E-state index is 0.0101. The van der Waals surface area contributed by atoms with Gasteiger partial charge >= 0.3 is 0 Å². The molecule has 0 radical (unpaired) electrons. The highest BCUT2D eigenvalue weighted by Crippen LogP contribution is 2.32. The predicted octanol–water partition coefficient (Wildman–Crippen LogP) is 4.27. The number of thiazole rings is 1. The van der Waals surface area contributed by atoms with Crippen molar-refractivity contribution in [2.24, 2.45) is 5.92 Å². The van der Waals surface area contributed by atoms with Gasteiger partial charge in [0.25, 0.3) is 0 Å². The number of nitrogens with zero attached hydrogens (tertiary/aromatic N) is 1. The molecule has 2 aromatic rings. The van der Waals surface area contributed by atoms with Crippen molar-refractivity contribution in [3.05, 3.63) is 33.7 Å². The molecule has 2 rings (SSSR count). The van der Waals surface area contributed by atoms with Crippen LogP contribution in [-0.2, 0) is 0 Å². The number of anilines is 3. The van der Waals surface area contributed by atoms with Gasteiger partial charge in [0.2, 0.25) is 0 Å². The van der Waals surface area contributed by atoms with E-state index < -0.39 is 0 Å². The number of ketones is 1. The number of carbonyl (C=O) groups is 1. The molecule has 3 N–H and O–H groups in total. The van der Waals surface area contributed by atoms with E-state index in [1.807, 2.05) is 39.0 Å². The normalized spacial score (nSPS) is 10.8. The Morgan fingerprint density at radius 2 is 2.15 bits per heavy atom. The first-order valence-electron chi connectivity index (χ1n) is 6.22. The number of nitrogen functional groups attached to an aromatic ring is 1. The number of aromatic nitrogens is 1. The van der Waals surface area contributed by atoms with Crippen molar-refractivity contribution in [1.29, 1.82) is 0 Å². The van der Waals surface area contributed by atoms with Gasteiger partial charge in [-0.1, -0.05) is 42.9 Å². The highest BCUT2D eigenvalue weighted by Gasteiger charge is 2.19. The van der Waals surface area contributed by atoms with Crippen LogP contribution in [0.4, 0.5) is 16.6 Å². The summed E-state index contributed by atoms with van der Waals surface area (Å²) in [6, 6.07) is 5.59. The van der Waals surface area contributed by atoms with Crippen LogP contribution in [0.5, 0.6) is 0 Å². The molecular formula is C14H16ClN3OS. The topological polar surface area (TPSA) is 68.0 Å². The molecule has 1 heterocycles. The summed E-state index contributed by atoms with van der Waals surface area (Å²) >= 11 is 7.34. The average molecular weight is 310 g/mol. The lowest BCUT2D eigenvalue weighted by atomic mass is 10.1. The van der Waals surface area contributed by atoms with E-state index in [1.54, 1.807) is 0 Å². The predicted molar refractivity (Wildman–Crippen MR) is 85.2 cm³/mol. The molecular weight excluding hydrogens is 294 g/mol. The van der Waals surface area contributed by atoms with Gasteiger partial charge in [-0.2, -0.15) is 0 Å². The van der Waals surface area contributed by atoms with E-state index >= 15 is 0 Å². The quantitative estimate of drug-likeness (QED) is 0.828. The number of halogens is 1. The Hall–Kier alpha value is -1.59. The molecule has 0 saturated carbocycles. The largest absolute Gasteiger partial charge is 0.382 e. The van der Waals surface area contributed by atoms with Crippen LogP contribution in [0.3, 0.4) is 0 Å². The summed E-state index contributed by atoms with van der Waals surface area (Å²) in [6.07, 6.45) is 0. The molecule has 0 aliphatic carbocycles. The van der Waals surface area contributed by atoms with Crippen LogP contribution in [0.2, 0.25) is 5.02 Å². The van der Waals surface area contributed by atoms with Crippen molar-refractivity contribution < 1.29 is 4.79 Å². The number of hydrogen-bond donors (Lipinski definition) is 2. The maximum Gasteiger partial charge on any atom is 0.189 e. The van der Waals surface area contributed by atoms with E-state index in [4.69, 9.17) is 17.3 Å². The van der Waals surface area contributed by atoms with Crippen molar-refractivity contribution in [3.63, 3.8) is 0 Å². The third kappa shape index (κ3) is 2.94. The molecule has 6 heteroatoms. The summed E-state index contributed by atoms with van der Waals surface area (Å²) in [6.45, 7) is 5.60. The molecule has 0 fully saturated rings. The molecule has 0 aliphatic rings. The zero-order valence-corrected chi connectivity index (χ0v) is 13.1. The van der Waals surface area contributed by atoms with Gasteiger partial charge in [-0.15, -0.1) is 0 Å². The summed E-state index contributed by atoms with van der Waals surface area (Å²) < 4.78 is 0. The van der Waals surface area contributed by atoms with E-state index in [9.17, 15) is 4.79 Å². The zero-order valence-electron chi connectivity index (χ0n) is 11.5. The molecule has 0 aliphatic heterocycles. The minimum Gasteiger partial charge on any atom is -0.382 e. The van der Waals surface area contributed by atoms with E-state index in [0.29, 0.717) is 15.0 Å². The standard InChI is InChI=1S/C14H16ClN3OS/c1-7(2)11(19)12-13(16)18-14(20-12)17-10-6-4-5-9(15)8(10)3/h4-7H,16H2,1-3H3,(H,17,18). The van der Waals surface area contributed by atoms with E-state index in [-0.39, 0.29) is 17.5 Å². The van der Waals surface area contributed by atoms with Crippen LogP contribution in [-0.4, -0.2) is 10.8 Å². The number of carbonyl (C=O) groups excluding carboxylic acids is 1. The maximum absolute atomic E-state index is 12.0. The lowest BCUT2D eigenvalue weighted by molar-refractivity contribution is 0.0944. The highest BCUT2D eigenvalue weighted by molar-refractivity contribution is 7.18. The summed E-state index contributed by atoms with van der Waals surface area (Å²) in [4.78, 5) is 16.7. The number of benzene rings is 1. The maximum atomic E-state index is 12.0. The van der Waals surface area contributed by atoms with E-state index in [1.165, 1.54) is 11.3 Å². The fraction of sp³-hybridized carbons (Fsp3) is 0.286. The van der Waals surface area contributed by atoms with Crippen molar-refractivity contribution in [1.82, 2.24) is 4.98 Å². The van der Waals surface area contributed by atoms with Gasteiger partial charge in [0, 0.05) is 16.6 Å². The molecule has 0 spiro atoms. The van der Waals surface area contributed by atoms with Crippen molar-refractivity contribution in [2.45, 2.75) is 20.8 Å². The molecule has 0 bridgehead atoms. The van der Waals surface area contributed by atoms with Crippen LogP contribution in [0, 0.1) is 12.8 Å². The number of nitrogens with two attached hydrogens (primary N) is 1. The second-order valence-electron chi connectivity index (χ2n) is 4.79. The van der Waals surface area contributed by atoms with Gasteiger partial charge in [0.15, 0.2) is 10.9 Å². The second kappa shape index (κ2) is 5.81. The Morgan fingerprint density at radius 3 is 2.80 bits per heavy atom. The average Bonchev–Trinajstić information content (AvgIpc) is 2.75. The van der Waals surface area contributed by atoms with Gasteiger partial charge < -0.3 is 11.1 Å². The lowest BCUT2D eigenvalue weighted by Crippen LogP contribution is -2.07. The van der Waals surface area contributed by atoms with Crippen molar-refractivity contribution in [2.75, 3.05) is 11.1 Å². The molecule has 0 unspecified atom stereocenters. The summed E-state index contributed by atoms with van der Waals surface area (Å²) in [5.74, 6) is 0.185. The highest BCUT2D eigenvalue weighted by atomic mass is 35.5. The number of Topliss-reactive ketones (excluding diaryl/α,β-unsaturated/α-hetero) is 1. The first kappa shape index (κ1) is 14.8. The monoisotopic (exact) mass is 309 g/mol. The van der Waals surface area contributed by atoms with Crippen LogP contribution >= 0.6 is 22.9 Å². The Bertz CT molecular complexity index is 652. The van der Waals surface area contributed by atoms with E-state index in [2.05, 4.69) is 10.3 Å². The van der Waals surface area contributed by atoms with Gasteiger partial charge in [-0.05, 0) is 24.6 Å². The van der Waals surface area contributed by atoms with Crippen molar-refractivity contribution >= 4 is 45.4 Å². The molecule has 0 saturated heterocycles. The lowest BCUT2D eigenvalue weighted by Gasteiger charge is -2.07. The van der Waals surface area contributed by atoms with Gasteiger partial charge in [0.05, 0.1) is 0 Å². The third-order valence-electron chi connectivity index (χ3n) is 2.91. The summed E-state index contributed by atoms with van der Waals surface area (Å²) in [5.41, 5.74) is 7.60. The molecule has 0 atom stereocenters. The first-order chi connectivity index (χ1) is 9.40. The summed E-state index contributed by atoms with van der Waals surface area (Å²) in [5, 5.41) is 4.43. The minimum atomic E-state index is -0.0986. The van der Waals surface area contributed by atoms with Crippen molar-refractivity contribution in [3.8, 4) is 0 Å². The number of hydrogen-bond acceptors (Lipinski definition) is 5. The Kier molecular flexibility index (Phi) is 4.30. The van der Waals surface area contributed by atoms with Gasteiger partial charge in [-0.25, -0.2) is 4.98 Å².